The number of rotatable bonds is 8. The molecule has 0 amide bonds. The van der Waals surface area contributed by atoms with Crippen molar-refractivity contribution >= 4 is 17.4 Å². The Labute approximate surface area is 111 Å². The Morgan fingerprint density at radius 3 is 2.41 bits per heavy atom. The molecule has 1 aliphatic rings. The number of carbonyl (C=O) groups excluding carboxylic acids is 1. The van der Waals surface area contributed by atoms with Gasteiger partial charge in [0.2, 0.25) is 0 Å². The first-order chi connectivity index (χ1) is 8.27. The molecular formula is C15H27ClO. The summed E-state index contributed by atoms with van der Waals surface area (Å²) in [5, 5.41) is 0. The van der Waals surface area contributed by atoms with Crippen LogP contribution in [0.25, 0.3) is 0 Å². The summed E-state index contributed by atoms with van der Waals surface area (Å²) in [6, 6.07) is 0. The zero-order valence-corrected chi connectivity index (χ0v) is 12.0. The summed E-state index contributed by atoms with van der Waals surface area (Å²) in [5.41, 5.74) is 0. The summed E-state index contributed by atoms with van der Waals surface area (Å²) < 4.78 is 0. The van der Waals surface area contributed by atoms with Gasteiger partial charge in [0.25, 0.3) is 0 Å². The van der Waals surface area contributed by atoms with E-state index in [1.54, 1.807) is 0 Å². The third-order valence-electron chi connectivity index (χ3n) is 4.11. The molecule has 1 aliphatic carbocycles. The van der Waals surface area contributed by atoms with Crippen LogP contribution in [-0.2, 0) is 4.79 Å². The number of ketones is 1. The van der Waals surface area contributed by atoms with E-state index in [4.69, 9.17) is 11.6 Å². The van der Waals surface area contributed by atoms with E-state index in [0.29, 0.717) is 24.0 Å². The van der Waals surface area contributed by atoms with Gasteiger partial charge in [-0.15, -0.1) is 11.6 Å². The van der Waals surface area contributed by atoms with E-state index in [0.717, 1.165) is 18.8 Å². The van der Waals surface area contributed by atoms with Crippen molar-refractivity contribution in [3.8, 4) is 0 Å². The molecule has 1 nitrogen and oxygen atoms in total. The van der Waals surface area contributed by atoms with Crippen molar-refractivity contribution in [1.82, 2.24) is 0 Å². The number of unbranched alkanes of at least 4 members (excludes halogenated alkanes) is 3. The molecule has 0 unspecified atom stereocenters. The van der Waals surface area contributed by atoms with Gasteiger partial charge in [-0.2, -0.15) is 0 Å². The molecule has 100 valence electrons. The fourth-order valence-electron chi connectivity index (χ4n) is 2.93. The molecule has 2 heteroatoms. The Bertz CT molecular complexity index is 207. The molecule has 0 atom stereocenters. The van der Waals surface area contributed by atoms with E-state index in [-0.39, 0.29) is 0 Å². The summed E-state index contributed by atoms with van der Waals surface area (Å²) in [5.74, 6) is 2.13. The number of halogens is 1. The number of alkyl halides is 1. The second-order valence-electron chi connectivity index (χ2n) is 5.47. The van der Waals surface area contributed by atoms with Crippen LogP contribution in [0.15, 0.2) is 0 Å². The van der Waals surface area contributed by atoms with Crippen LogP contribution in [0.2, 0.25) is 0 Å². The molecule has 0 radical (unpaired) electrons. The lowest BCUT2D eigenvalue weighted by molar-refractivity contribution is -0.123. The maximum Gasteiger partial charge on any atom is 0.137 e. The Balaban J connectivity index is 2.11. The Morgan fingerprint density at radius 1 is 1.12 bits per heavy atom. The second-order valence-corrected chi connectivity index (χ2v) is 5.85. The van der Waals surface area contributed by atoms with Crippen LogP contribution in [0.5, 0.6) is 0 Å². The Kier molecular flexibility index (Phi) is 7.92. The van der Waals surface area contributed by atoms with Gasteiger partial charge in [-0.1, -0.05) is 39.0 Å². The minimum Gasteiger partial charge on any atom is -0.299 e. The first-order valence-electron chi connectivity index (χ1n) is 7.36. The van der Waals surface area contributed by atoms with E-state index < -0.39 is 0 Å². The van der Waals surface area contributed by atoms with Crippen molar-refractivity contribution in [2.75, 3.05) is 5.88 Å². The van der Waals surface area contributed by atoms with Crippen LogP contribution in [0.3, 0.4) is 0 Å². The van der Waals surface area contributed by atoms with Crippen LogP contribution >= 0.6 is 11.6 Å². The van der Waals surface area contributed by atoms with Gasteiger partial charge in [-0.3, -0.25) is 4.79 Å². The van der Waals surface area contributed by atoms with Crippen LogP contribution in [0.4, 0.5) is 0 Å². The monoisotopic (exact) mass is 258 g/mol. The lowest BCUT2D eigenvalue weighted by Crippen LogP contribution is -2.22. The molecule has 0 heterocycles. The minimum absolute atomic E-state index is 0.334. The standard InChI is InChI=1S/C15H27ClO/c1-2-3-4-5-6-13-7-9-14(10-8-13)15(17)11-12-16/h13-14H,2-12H2,1H3/t13-,14-. The third kappa shape index (κ3) is 5.90. The van der Waals surface area contributed by atoms with Crippen molar-refractivity contribution in [3.05, 3.63) is 0 Å². The van der Waals surface area contributed by atoms with Crippen molar-refractivity contribution in [1.29, 1.82) is 0 Å². The average Bonchev–Trinajstić information content (AvgIpc) is 2.36. The van der Waals surface area contributed by atoms with Gasteiger partial charge in [0.1, 0.15) is 5.78 Å². The fraction of sp³-hybridized carbons (Fsp3) is 0.933. The summed E-state index contributed by atoms with van der Waals surface area (Å²) in [6.45, 7) is 2.26. The van der Waals surface area contributed by atoms with Gasteiger partial charge in [0, 0.05) is 18.2 Å². The predicted octanol–water partition coefficient (Wildman–Crippen LogP) is 4.96. The molecule has 1 rings (SSSR count). The summed E-state index contributed by atoms with van der Waals surface area (Å²) in [7, 11) is 0. The van der Waals surface area contributed by atoms with Gasteiger partial charge < -0.3 is 0 Å². The Hall–Kier alpha value is -0.0400. The highest BCUT2D eigenvalue weighted by molar-refractivity contribution is 6.19. The third-order valence-corrected chi connectivity index (χ3v) is 4.30. The quantitative estimate of drug-likeness (QED) is 0.444. The molecule has 0 aromatic heterocycles. The molecule has 0 aromatic rings. The minimum atomic E-state index is 0.334. The lowest BCUT2D eigenvalue weighted by Gasteiger charge is -2.27. The molecule has 1 fully saturated rings. The summed E-state index contributed by atoms with van der Waals surface area (Å²) in [4.78, 5) is 11.7. The zero-order valence-electron chi connectivity index (χ0n) is 11.2. The molecule has 0 aliphatic heterocycles. The smallest absolute Gasteiger partial charge is 0.137 e. The molecule has 0 spiro atoms. The number of carbonyl (C=O) groups is 1. The van der Waals surface area contributed by atoms with Crippen molar-refractivity contribution in [2.24, 2.45) is 11.8 Å². The Morgan fingerprint density at radius 2 is 1.82 bits per heavy atom. The first-order valence-corrected chi connectivity index (χ1v) is 7.90. The van der Waals surface area contributed by atoms with Gasteiger partial charge in [-0.05, 0) is 31.6 Å². The van der Waals surface area contributed by atoms with Crippen LogP contribution in [0.1, 0.15) is 71.1 Å². The predicted molar refractivity (Wildman–Crippen MR) is 74.6 cm³/mol. The molecular weight excluding hydrogens is 232 g/mol. The van der Waals surface area contributed by atoms with E-state index in [1.807, 2.05) is 0 Å². The van der Waals surface area contributed by atoms with E-state index in [9.17, 15) is 4.79 Å². The van der Waals surface area contributed by atoms with Gasteiger partial charge in [-0.25, -0.2) is 0 Å². The molecule has 0 saturated heterocycles. The van der Waals surface area contributed by atoms with Gasteiger partial charge >= 0.3 is 0 Å². The molecule has 1 saturated carbocycles. The maximum absolute atomic E-state index is 11.7. The highest BCUT2D eigenvalue weighted by atomic mass is 35.5. The van der Waals surface area contributed by atoms with E-state index >= 15 is 0 Å². The fourth-order valence-corrected chi connectivity index (χ4v) is 3.12. The van der Waals surface area contributed by atoms with Crippen LogP contribution in [0, 0.1) is 11.8 Å². The maximum atomic E-state index is 11.7. The van der Waals surface area contributed by atoms with Crippen molar-refractivity contribution < 1.29 is 4.79 Å². The summed E-state index contributed by atoms with van der Waals surface area (Å²) in [6.07, 6.45) is 12.2. The highest BCUT2D eigenvalue weighted by Gasteiger charge is 2.25. The van der Waals surface area contributed by atoms with E-state index in [2.05, 4.69) is 6.92 Å². The normalized spacial score (nSPS) is 24.8. The molecule has 17 heavy (non-hydrogen) atoms. The van der Waals surface area contributed by atoms with Crippen LogP contribution < -0.4 is 0 Å². The zero-order chi connectivity index (χ0) is 12.5. The summed E-state index contributed by atoms with van der Waals surface area (Å²) >= 11 is 5.62. The largest absolute Gasteiger partial charge is 0.299 e. The van der Waals surface area contributed by atoms with Crippen LogP contribution in [-0.4, -0.2) is 11.7 Å². The van der Waals surface area contributed by atoms with Gasteiger partial charge in [0.15, 0.2) is 0 Å². The molecule has 0 aromatic carbocycles. The number of hydrogen-bond donors (Lipinski definition) is 0. The van der Waals surface area contributed by atoms with Crippen molar-refractivity contribution in [3.63, 3.8) is 0 Å². The topological polar surface area (TPSA) is 17.1 Å². The lowest BCUT2D eigenvalue weighted by atomic mass is 9.77. The van der Waals surface area contributed by atoms with E-state index in [1.165, 1.54) is 44.9 Å². The molecule has 0 bridgehead atoms. The van der Waals surface area contributed by atoms with Crippen molar-refractivity contribution in [2.45, 2.75) is 71.1 Å². The molecule has 0 N–H and O–H groups in total. The van der Waals surface area contributed by atoms with Gasteiger partial charge in [0.05, 0.1) is 0 Å². The SMILES string of the molecule is CCCCCC[C@H]1CC[C@H](C(=O)CCCl)CC1. The highest BCUT2D eigenvalue weighted by Crippen LogP contribution is 2.33. The average molecular weight is 259 g/mol. The number of hydrogen-bond acceptors (Lipinski definition) is 1. The second kappa shape index (κ2) is 8.97. The first kappa shape index (κ1) is 15.0. The number of Topliss-reactive ketones (excluding diaryl/α,β-unsaturated/α-hetero) is 1.